The minimum atomic E-state index is -0.281. The molecule has 86 valence electrons. The third kappa shape index (κ3) is 4.99. The molecular weight excluding hydrogens is 206 g/mol. The molecule has 5 heteroatoms. The number of amides is 3. The van der Waals surface area contributed by atoms with Gasteiger partial charge in [0.05, 0.1) is 0 Å². The van der Waals surface area contributed by atoms with Gasteiger partial charge < -0.3 is 16.0 Å². The van der Waals surface area contributed by atoms with E-state index in [0.29, 0.717) is 13.1 Å². The number of urea groups is 1. The summed E-state index contributed by atoms with van der Waals surface area (Å²) in [4.78, 5) is 21.9. The first-order chi connectivity index (χ1) is 7.68. The molecule has 3 N–H and O–H groups in total. The smallest absolute Gasteiger partial charge is 0.319 e. The molecule has 1 rings (SSSR count). The Morgan fingerprint density at radius 3 is 2.31 bits per heavy atom. The van der Waals surface area contributed by atoms with E-state index in [0.717, 1.165) is 5.69 Å². The van der Waals surface area contributed by atoms with E-state index in [1.54, 1.807) is 12.1 Å². The zero-order chi connectivity index (χ0) is 11.8. The maximum absolute atomic E-state index is 11.3. The molecule has 3 amide bonds. The molecule has 0 atom stereocenters. The quantitative estimate of drug-likeness (QED) is 0.662. The van der Waals surface area contributed by atoms with Crippen LogP contribution in [0.4, 0.5) is 10.5 Å². The van der Waals surface area contributed by atoms with Gasteiger partial charge in [0.1, 0.15) is 0 Å². The molecule has 0 fully saturated rings. The molecule has 0 unspecified atom stereocenters. The molecule has 16 heavy (non-hydrogen) atoms. The van der Waals surface area contributed by atoms with Crippen molar-refractivity contribution in [1.82, 2.24) is 10.6 Å². The Morgan fingerprint density at radius 2 is 1.69 bits per heavy atom. The lowest BCUT2D eigenvalue weighted by molar-refractivity contribution is -0.118. The van der Waals surface area contributed by atoms with Crippen LogP contribution in [0.5, 0.6) is 0 Å². The number of rotatable bonds is 4. The molecule has 0 saturated heterocycles. The van der Waals surface area contributed by atoms with Crippen LogP contribution in [0.15, 0.2) is 30.3 Å². The van der Waals surface area contributed by atoms with E-state index in [4.69, 9.17) is 0 Å². The zero-order valence-corrected chi connectivity index (χ0v) is 9.12. The number of carbonyl (C=O) groups is 2. The van der Waals surface area contributed by atoms with Crippen LogP contribution < -0.4 is 16.0 Å². The van der Waals surface area contributed by atoms with Gasteiger partial charge in [-0.15, -0.1) is 0 Å². The number of para-hydroxylation sites is 1. The summed E-state index contributed by atoms with van der Waals surface area (Å²) in [5.41, 5.74) is 0.736. The predicted molar refractivity (Wildman–Crippen MR) is 62.1 cm³/mol. The van der Waals surface area contributed by atoms with Crippen LogP contribution in [0.25, 0.3) is 0 Å². The van der Waals surface area contributed by atoms with Gasteiger partial charge in [-0.3, -0.25) is 4.79 Å². The minimum absolute atomic E-state index is 0.106. The molecule has 0 aliphatic rings. The van der Waals surface area contributed by atoms with E-state index in [2.05, 4.69) is 16.0 Å². The standard InChI is InChI=1S/C11H15N3O2/c1-9(15)12-7-8-13-11(16)14-10-5-3-2-4-6-10/h2-6H,7-8H2,1H3,(H,12,15)(H2,13,14,16). The summed E-state index contributed by atoms with van der Waals surface area (Å²) in [6.45, 7) is 2.26. The molecule has 0 aliphatic heterocycles. The van der Waals surface area contributed by atoms with Gasteiger partial charge in [-0.2, -0.15) is 0 Å². The highest BCUT2D eigenvalue weighted by molar-refractivity contribution is 5.89. The first-order valence-electron chi connectivity index (χ1n) is 5.03. The molecule has 0 radical (unpaired) electrons. The topological polar surface area (TPSA) is 70.2 Å². The van der Waals surface area contributed by atoms with Crippen molar-refractivity contribution in [2.24, 2.45) is 0 Å². The number of hydrogen-bond acceptors (Lipinski definition) is 2. The van der Waals surface area contributed by atoms with Crippen molar-refractivity contribution in [3.05, 3.63) is 30.3 Å². The Morgan fingerprint density at radius 1 is 1.06 bits per heavy atom. The lowest BCUT2D eigenvalue weighted by Crippen LogP contribution is -2.36. The number of carbonyl (C=O) groups excluding carboxylic acids is 2. The Bertz CT molecular complexity index is 352. The summed E-state index contributed by atoms with van der Waals surface area (Å²) < 4.78 is 0. The summed E-state index contributed by atoms with van der Waals surface area (Å²) in [7, 11) is 0. The van der Waals surface area contributed by atoms with Crippen molar-refractivity contribution in [2.75, 3.05) is 18.4 Å². The number of nitrogens with one attached hydrogen (secondary N) is 3. The van der Waals surface area contributed by atoms with E-state index in [1.165, 1.54) is 6.92 Å². The zero-order valence-electron chi connectivity index (χ0n) is 9.12. The van der Waals surface area contributed by atoms with Crippen LogP contribution >= 0.6 is 0 Å². The van der Waals surface area contributed by atoms with E-state index < -0.39 is 0 Å². The molecule has 0 heterocycles. The lowest BCUT2D eigenvalue weighted by Gasteiger charge is -2.07. The van der Waals surface area contributed by atoms with E-state index in [-0.39, 0.29) is 11.9 Å². The van der Waals surface area contributed by atoms with Crippen LogP contribution in [0.1, 0.15) is 6.92 Å². The summed E-state index contributed by atoms with van der Waals surface area (Å²) in [6.07, 6.45) is 0. The predicted octanol–water partition coefficient (Wildman–Crippen LogP) is 0.944. The number of hydrogen-bond donors (Lipinski definition) is 3. The largest absolute Gasteiger partial charge is 0.355 e. The minimum Gasteiger partial charge on any atom is -0.355 e. The number of benzene rings is 1. The summed E-state index contributed by atoms with van der Waals surface area (Å²) >= 11 is 0. The monoisotopic (exact) mass is 221 g/mol. The van der Waals surface area contributed by atoms with Gasteiger partial charge in [0.25, 0.3) is 0 Å². The van der Waals surface area contributed by atoms with Crippen molar-refractivity contribution in [3.63, 3.8) is 0 Å². The van der Waals surface area contributed by atoms with Gasteiger partial charge in [0.2, 0.25) is 5.91 Å². The molecular formula is C11H15N3O2. The third-order valence-electron chi connectivity index (χ3n) is 1.82. The normalized spacial score (nSPS) is 9.31. The highest BCUT2D eigenvalue weighted by Gasteiger charge is 1.99. The Labute approximate surface area is 94.2 Å². The highest BCUT2D eigenvalue weighted by Crippen LogP contribution is 2.03. The highest BCUT2D eigenvalue weighted by atomic mass is 16.2. The van der Waals surface area contributed by atoms with E-state index in [9.17, 15) is 9.59 Å². The van der Waals surface area contributed by atoms with Crippen LogP contribution in [0.2, 0.25) is 0 Å². The summed E-state index contributed by atoms with van der Waals surface area (Å²) in [5, 5.41) is 7.87. The Kier molecular flexibility index (Phi) is 4.85. The second-order valence-corrected chi connectivity index (χ2v) is 3.23. The first kappa shape index (κ1) is 12.0. The van der Waals surface area contributed by atoms with Crippen molar-refractivity contribution >= 4 is 17.6 Å². The molecule has 0 spiro atoms. The molecule has 0 aliphatic carbocycles. The van der Waals surface area contributed by atoms with Crippen LogP contribution in [0, 0.1) is 0 Å². The van der Waals surface area contributed by atoms with Crippen molar-refractivity contribution in [1.29, 1.82) is 0 Å². The first-order valence-corrected chi connectivity index (χ1v) is 5.03. The molecule has 0 bridgehead atoms. The van der Waals surface area contributed by atoms with Gasteiger partial charge in [0.15, 0.2) is 0 Å². The summed E-state index contributed by atoms with van der Waals surface area (Å²) in [6, 6.07) is 8.87. The maximum atomic E-state index is 11.3. The maximum Gasteiger partial charge on any atom is 0.319 e. The fraction of sp³-hybridized carbons (Fsp3) is 0.273. The number of anilines is 1. The van der Waals surface area contributed by atoms with Gasteiger partial charge in [-0.05, 0) is 12.1 Å². The lowest BCUT2D eigenvalue weighted by atomic mass is 10.3. The molecule has 1 aromatic rings. The third-order valence-corrected chi connectivity index (χ3v) is 1.82. The van der Waals surface area contributed by atoms with Crippen LogP contribution in [-0.2, 0) is 4.79 Å². The van der Waals surface area contributed by atoms with Gasteiger partial charge >= 0.3 is 6.03 Å². The van der Waals surface area contributed by atoms with E-state index in [1.807, 2.05) is 18.2 Å². The van der Waals surface area contributed by atoms with Gasteiger partial charge in [0, 0.05) is 25.7 Å². The average Bonchev–Trinajstić information content (AvgIpc) is 2.25. The second kappa shape index (κ2) is 6.44. The van der Waals surface area contributed by atoms with E-state index >= 15 is 0 Å². The van der Waals surface area contributed by atoms with Crippen molar-refractivity contribution in [2.45, 2.75) is 6.92 Å². The Hall–Kier alpha value is -2.04. The molecule has 0 saturated carbocycles. The van der Waals surface area contributed by atoms with Gasteiger partial charge in [-0.25, -0.2) is 4.79 Å². The average molecular weight is 221 g/mol. The van der Waals surface area contributed by atoms with Crippen LogP contribution in [0.3, 0.4) is 0 Å². The molecule has 0 aromatic heterocycles. The van der Waals surface area contributed by atoms with Crippen LogP contribution in [-0.4, -0.2) is 25.0 Å². The SMILES string of the molecule is CC(=O)NCCNC(=O)Nc1ccccc1. The van der Waals surface area contributed by atoms with Gasteiger partial charge in [-0.1, -0.05) is 18.2 Å². The molecule has 1 aromatic carbocycles. The second-order valence-electron chi connectivity index (χ2n) is 3.23. The van der Waals surface area contributed by atoms with Crippen molar-refractivity contribution in [3.8, 4) is 0 Å². The Balaban J connectivity index is 2.19. The fourth-order valence-corrected chi connectivity index (χ4v) is 1.11. The van der Waals surface area contributed by atoms with Crippen molar-refractivity contribution < 1.29 is 9.59 Å². The summed E-state index contributed by atoms with van der Waals surface area (Å²) in [5.74, 6) is -0.106. The fourth-order valence-electron chi connectivity index (χ4n) is 1.11. The molecule has 5 nitrogen and oxygen atoms in total.